The highest BCUT2D eigenvalue weighted by Crippen LogP contribution is 2.04. The Morgan fingerprint density at radius 3 is 3.08 bits per heavy atom. The molecule has 1 rings (SSSR count). The molecule has 0 N–H and O–H groups in total. The van der Waals surface area contributed by atoms with Crippen molar-refractivity contribution in [3.05, 3.63) is 12.2 Å². The minimum atomic E-state index is -0.769. The molecule has 0 aromatic carbocycles. The Hall–Kier alpha value is -0.870. The highest BCUT2D eigenvalue weighted by Gasteiger charge is 2.16. The molecule has 0 aromatic heterocycles. The van der Waals surface area contributed by atoms with Crippen LogP contribution in [-0.2, 0) is 19.1 Å². The smallest absolute Gasteiger partial charge is 0.323 e. The largest absolute Gasteiger partial charge is 0.431 e. The van der Waals surface area contributed by atoms with Crippen LogP contribution in [0.3, 0.4) is 0 Å². The van der Waals surface area contributed by atoms with Crippen molar-refractivity contribution in [1.82, 2.24) is 0 Å². The van der Waals surface area contributed by atoms with Gasteiger partial charge in [0.25, 0.3) is 0 Å². The van der Waals surface area contributed by atoms with Crippen molar-refractivity contribution in [2.24, 2.45) is 0 Å². The minimum Gasteiger partial charge on any atom is -0.431 e. The van der Waals surface area contributed by atoms with E-state index in [0.29, 0.717) is 0 Å². The molecule has 4 nitrogen and oxygen atoms in total. The van der Waals surface area contributed by atoms with Crippen LogP contribution >= 0.6 is 11.6 Å². The Morgan fingerprint density at radius 2 is 2.58 bits per heavy atom. The van der Waals surface area contributed by atoms with Gasteiger partial charge in [0, 0.05) is 0 Å². The Labute approximate surface area is 74.1 Å². The number of carbonyl (C=O) groups excluding carboxylic acids is 2. The molecule has 1 atom stereocenters. The standard InChI is InChI=1S/C7H7ClO4/c8-3-6(10)12-7-2-1-5(9)4-11-7/h1-2,7H,3-4H2. The average molecular weight is 191 g/mol. The van der Waals surface area contributed by atoms with E-state index < -0.39 is 12.3 Å². The van der Waals surface area contributed by atoms with E-state index in [-0.39, 0.29) is 18.3 Å². The lowest BCUT2D eigenvalue weighted by molar-refractivity contribution is -0.169. The third-order valence-corrected chi connectivity index (χ3v) is 1.40. The summed E-state index contributed by atoms with van der Waals surface area (Å²) in [5, 5.41) is 0. The van der Waals surface area contributed by atoms with Crippen LogP contribution in [0.15, 0.2) is 12.2 Å². The van der Waals surface area contributed by atoms with Gasteiger partial charge in [-0.2, -0.15) is 0 Å². The highest BCUT2D eigenvalue weighted by atomic mass is 35.5. The van der Waals surface area contributed by atoms with Gasteiger partial charge in [-0.15, -0.1) is 11.6 Å². The van der Waals surface area contributed by atoms with Crippen molar-refractivity contribution >= 4 is 23.4 Å². The van der Waals surface area contributed by atoms with Gasteiger partial charge < -0.3 is 9.47 Å². The van der Waals surface area contributed by atoms with E-state index in [9.17, 15) is 9.59 Å². The quantitative estimate of drug-likeness (QED) is 0.463. The molecule has 1 heterocycles. The monoisotopic (exact) mass is 190 g/mol. The van der Waals surface area contributed by atoms with E-state index in [2.05, 4.69) is 4.74 Å². The van der Waals surface area contributed by atoms with Crippen LogP contribution in [0.4, 0.5) is 0 Å². The maximum atomic E-state index is 10.6. The van der Waals surface area contributed by atoms with Gasteiger partial charge in [0.1, 0.15) is 12.5 Å². The van der Waals surface area contributed by atoms with Crippen molar-refractivity contribution in [3.63, 3.8) is 0 Å². The number of ether oxygens (including phenoxy) is 2. The molecule has 0 aliphatic carbocycles. The number of hydrogen-bond donors (Lipinski definition) is 0. The summed E-state index contributed by atoms with van der Waals surface area (Å²) in [6.07, 6.45) is 1.92. The fourth-order valence-corrected chi connectivity index (χ4v) is 0.751. The van der Waals surface area contributed by atoms with Gasteiger partial charge in [0.15, 0.2) is 5.78 Å². The third kappa shape index (κ3) is 2.64. The van der Waals surface area contributed by atoms with Crippen molar-refractivity contribution in [3.8, 4) is 0 Å². The second-order valence-electron chi connectivity index (χ2n) is 2.13. The van der Waals surface area contributed by atoms with Crippen LogP contribution in [0.5, 0.6) is 0 Å². The fraction of sp³-hybridized carbons (Fsp3) is 0.429. The molecule has 12 heavy (non-hydrogen) atoms. The third-order valence-electron chi connectivity index (χ3n) is 1.19. The molecule has 0 radical (unpaired) electrons. The van der Waals surface area contributed by atoms with E-state index in [0.717, 1.165) is 0 Å². The fourth-order valence-electron chi connectivity index (χ4n) is 0.688. The molecule has 0 fully saturated rings. The number of carbonyl (C=O) groups is 2. The van der Waals surface area contributed by atoms with E-state index in [4.69, 9.17) is 16.3 Å². The van der Waals surface area contributed by atoms with E-state index in [1.54, 1.807) is 0 Å². The number of rotatable bonds is 2. The molecule has 0 saturated heterocycles. The molecule has 0 aromatic rings. The summed E-state index contributed by atoms with van der Waals surface area (Å²) in [7, 11) is 0. The lowest BCUT2D eigenvalue weighted by Gasteiger charge is -2.16. The first-order valence-corrected chi connectivity index (χ1v) is 3.84. The lowest BCUT2D eigenvalue weighted by atomic mass is 10.3. The first kappa shape index (κ1) is 9.22. The molecule has 0 amide bonds. The predicted octanol–water partition coefficient (Wildman–Crippen LogP) is 0.250. The highest BCUT2D eigenvalue weighted by molar-refractivity contribution is 6.26. The van der Waals surface area contributed by atoms with E-state index in [1.807, 2.05) is 0 Å². The number of alkyl halides is 1. The number of esters is 1. The summed E-state index contributed by atoms with van der Waals surface area (Å²) in [4.78, 5) is 21.2. The topological polar surface area (TPSA) is 52.6 Å². The molecule has 1 aliphatic heterocycles. The van der Waals surface area contributed by atoms with Crippen LogP contribution in [0.25, 0.3) is 0 Å². The second kappa shape index (κ2) is 4.23. The van der Waals surface area contributed by atoms with Crippen molar-refractivity contribution < 1.29 is 19.1 Å². The van der Waals surface area contributed by atoms with Crippen LogP contribution < -0.4 is 0 Å². The Bertz CT molecular complexity index is 223. The van der Waals surface area contributed by atoms with Gasteiger partial charge in [-0.3, -0.25) is 9.59 Å². The van der Waals surface area contributed by atoms with Crippen LogP contribution in [0.2, 0.25) is 0 Å². The zero-order valence-electron chi connectivity index (χ0n) is 6.16. The van der Waals surface area contributed by atoms with Gasteiger partial charge in [0.2, 0.25) is 6.29 Å². The normalized spacial score (nSPS) is 22.4. The SMILES string of the molecule is O=C1C=CC(OC(=O)CCl)OC1. The second-order valence-corrected chi connectivity index (χ2v) is 2.40. The van der Waals surface area contributed by atoms with Crippen molar-refractivity contribution in [2.75, 3.05) is 12.5 Å². The van der Waals surface area contributed by atoms with E-state index >= 15 is 0 Å². The number of halogens is 1. The summed E-state index contributed by atoms with van der Waals surface area (Å²) < 4.78 is 9.48. The molecule has 0 bridgehead atoms. The minimum absolute atomic E-state index is 0.0588. The van der Waals surface area contributed by atoms with Crippen LogP contribution in [0, 0.1) is 0 Å². The maximum absolute atomic E-state index is 10.6. The van der Waals surface area contributed by atoms with Gasteiger partial charge in [-0.1, -0.05) is 0 Å². The molecule has 1 unspecified atom stereocenters. The van der Waals surface area contributed by atoms with Crippen molar-refractivity contribution in [2.45, 2.75) is 6.29 Å². The molecule has 66 valence electrons. The summed E-state index contributed by atoms with van der Waals surface area (Å²) in [6, 6.07) is 0. The van der Waals surface area contributed by atoms with Gasteiger partial charge >= 0.3 is 5.97 Å². The maximum Gasteiger partial charge on any atom is 0.323 e. The summed E-state index contributed by atoms with van der Waals surface area (Å²) in [6.45, 7) is -0.0588. The molecule has 1 aliphatic rings. The Kier molecular flexibility index (Phi) is 3.25. The zero-order chi connectivity index (χ0) is 8.97. The van der Waals surface area contributed by atoms with Gasteiger partial charge in [-0.25, -0.2) is 0 Å². The predicted molar refractivity (Wildman–Crippen MR) is 40.7 cm³/mol. The molecular formula is C7H7ClO4. The molecule has 0 spiro atoms. The van der Waals surface area contributed by atoms with E-state index in [1.165, 1.54) is 12.2 Å². The number of hydrogen-bond acceptors (Lipinski definition) is 4. The molecule has 0 saturated carbocycles. The average Bonchev–Trinajstić information content (AvgIpc) is 2.09. The van der Waals surface area contributed by atoms with Gasteiger partial charge in [-0.05, 0) is 12.2 Å². The summed E-state index contributed by atoms with van der Waals surface area (Å²) in [5.41, 5.74) is 0. The molecular weight excluding hydrogens is 184 g/mol. The first-order valence-electron chi connectivity index (χ1n) is 3.30. The Morgan fingerprint density at radius 1 is 1.83 bits per heavy atom. The van der Waals surface area contributed by atoms with Crippen LogP contribution in [0.1, 0.15) is 0 Å². The summed E-state index contributed by atoms with van der Waals surface area (Å²) >= 11 is 5.18. The lowest BCUT2D eigenvalue weighted by Crippen LogP contribution is -2.26. The first-order chi connectivity index (χ1) is 5.72. The zero-order valence-corrected chi connectivity index (χ0v) is 6.91. The summed E-state index contributed by atoms with van der Waals surface area (Å²) in [5.74, 6) is -0.935. The molecule has 5 heteroatoms. The van der Waals surface area contributed by atoms with Crippen molar-refractivity contribution in [1.29, 1.82) is 0 Å². The van der Waals surface area contributed by atoms with Crippen LogP contribution in [-0.4, -0.2) is 30.5 Å². The Balaban J connectivity index is 2.40. The van der Waals surface area contributed by atoms with Gasteiger partial charge in [0.05, 0.1) is 0 Å². The number of ketones is 1.